The third kappa shape index (κ3) is 3.70. The van der Waals surface area contributed by atoms with Crippen LogP contribution in [-0.4, -0.2) is 33.9 Å². The molecule has 8 heteroatoms. The van der Waals surface area contributed by atoms with Gasteiger partial charge < -0.3 is 14.9 Å². The molecule has 2 amide bonds. The summed E-state index contributed by atoms with van der Waals surface area (Å²) in [5.74, 6) is -1.88. The Hall–Kier alpha value is -3.26. The number of aromatic hydroxyl groups is 1. The van der Waals surface area contributed by atoms with Crippen molar-refractivity contribution in [1.82, 2.24) is 0 Å². The summed E-state index contributed by atoms with van der Waals surface area (Å²) in [6.45, 7) is -0.610. The van der Waals surface area contributed by atoms with E-state index in [1.807, 2.05) is 0 Å². The molecular formula is C18H13NO6S. The molecule has 0 aliphatic carbocycles. The number of carboxylic acid groups (broad SMARTS) is 1. The molecule has 0 radical (unpaired) electrons. The molecule has 0 unspecified atom stereocenters. The van der Waals surface area contributed by atoms with E-state index in [1.165, 1.54) is 24.3 Å². The van der Waals surface area contributed by atoms with E-state index in [9.17, 15) is 19.5 Å². The minimum Gasteiger partial charge on any atom is -0.504 e. The zero-order valence-electron chi connectivity index (χ0n) is 13.3. The molecule has 1 aliphatic heterocycles. The normalized spacial score (nSPS) is 15.5. The number of imide groups is 1. The number of carboxylic acids is 1. The zero-order valence-corrected chi connectivity index (χ0v) is 14.1. The Morgan fingerprint density at radius 3 is 2.58 bits per heavy atom. The summed E-state index contributed by atoms with van der Waals surface area (Å²) < 4.78 is 4.99. The van der Waals surface area contributed by atoms with Gasteiger partial charge in [0.25, 0.3) is 11.1 Å². The Balaban J connectivity index is 1.86. The second-order valence-electron chi connectivity index (χ2n) is 5.26. The highest BCUT2D eigenvalue weighted by atomic mass is 32.2. The van der Waals surface area contributed by atoms with E-state index in [0.717, 1.165) is 16.7 Å². The number of phenols is 1. The first-order chi connectivity index (χ1) is 12.5. The minimum atomic E-state index is -1.18. The molecule has 2 aromatic rings. The van der Waals surface area contributed by atoms with Gasteiger partial charge in [0.15, 0.2) is 18.1 Å². The molecule has 1 aliphatic rings. The lowest BCUT2D eigenvalue weighted by molar-refractivity contribution is -0.139. The van der Waals surface area contributed by atoms with Crippen molar-refractivity contribution >= 4 is 40.6 Å². The summed E-state index contributed by atoms with van der Waals surface area (Å²) >= 11 is 0.801. The third-order valence-electron chi connectivity index (χ3n) is 3.44. The van der Waals surface area contributed by atoms with Crippen LogP contribution in [0.2, 0.25) is 0 Å². The molecule has 0 saturated carbocycles. The second kappa shape index (κ2) is 7.32. The summed E-state index contributed by atoms with van der Waals surface area (Å²) in [5, 5.41) is 18.0. The predicted octanol–water partition coefficient (Wildman–Crippen LogP) is 3.10. The van der Waals surface area contributed by atoms with Crippen LogP contribution in [0.25, 0.3) is 6.08 Å². The Kier molecular flexibility index (Phi) is 4.94. The molecule has 2 aromatic carbocycles. The van der Waals surface area contributed by atoms with E-state index in [1.54, 1.807) is 30.3 Å². The summed E-state index contributed by atoms with van der Waals surface area (Å²) in [6.07, 6.45) is 1.49. The smallest absolute Gasteiger partial charge is 0.341 e. The number of para-hydroxylation sites is 1. The largest absolute Gasteiger partial charge is 0.504 e. The number of anilines is 1. The van der Waals surface area contributed by atoms with Gasteiger partial charge in [-0.3, -0.25) is 9.59 Å². The first kappa shape index (κ1) is 17.6. The number of hydrogen-bond donors (Lipinski definition) is 2. The fraction of sp³-hybridized carbons (Fsp3) is 0.0556. The lowest BCUT2D eigenvalue weighted by Crippen LogP contribution is -2.27. The van der Waals surface area contributed by atoms with Crippen molar-refractivity contribution in [3.05, 3.63) is 59.0 Å². The number of carbonyl (C=O) groups is 3. The van der Waals surface area contributed by atoms with E-state index in [0.29, 0.717) is 11.3 Å². The number of rotatable bonds is 5. The topological polar surface area (TPSA) is 104 Å². The average Bonchev–Trinajstić information content (AvgIpc) is 2.89. The van der Waals surface area contributed by atoms with Gasteiger partial charge in [-0.15, -0.1) is 0 Å². The summed E-state index contributed by atoms with van der Waals surface area (Å²) in [6, 6.07) is 12.8. The predicted molar refractivity (Wildman–Crippen MR) is 96.1 cm³/mol. The summed E-state index contributed by atoms with van der Waals surface area (Å²) in [7, 11) is 0. The van der Waals surface area contributed by atoms with Gasteiger partial charge in [-0.2, -0.15) is 0 Å². The van der Waals surface area contributed by atoms with Gasteiger partial charge >= 0.3 is 5.97 Å². The lowest BCUT2D eigenvalue weighted by Gasteiger charge is -2.11. The van der Waals surface area contributed by atoms with Crippen LogP contribution in [-0.2, 0) is 9.59 Å². The Morgan fingerprint density at radius 2 is 1.88 bits per heavy atom. The highest BCUT2D eigenvalue weighted by Crippen LogP contribution is 2.36. The molecule has 0 atom stereocenters. The molecule has 3 rings (SSSR count). The van der Waals surface area contributed by atoms with Gasteiger partial charge in [-0.25, -0.2) is 9.69 Å². The van der Waals surface area contributed by atoms with E-state index < -0.39 is 23.7 Å². The van der Waals surface area contributed by atoms with Crippen LogP contribution in [0.15, 0.2) is 53.4 Å². The number of benzene rings is 2. The van der Waals surface area contributed by atoms with Crippen LogP contribution in [0.5, 0.6) is 11.5 Å². The number of amides is 2. The maximum Gasteiger partial charge on any atom is 0.341 e. The molecule has 0 aromatic heterocycles. The zero-order chi connectivity index (χ0) is 18.7. The summed E-state index contributed by atoms with van der Waals surface area (Å²) in [4.78, 5) is 36.6. The molecule has 26 heavy (non-hydrogen) atoms. The van der Waals surface area contributed by atoms with Crippen LogP contribution >= 0.6 is 11.8 Å². The molecule has 1 saturated heterocycles. The molecule has 0 bridgehead atoms. The maximum absolute atomic E-state index is 12.5. The van der Waals surface area contributed by atoms with Crippen molar-refractivity contribution in [2.24, 2.45) is 0 Å². The van der Waals surface area contributed by atoms with Gasteiger partial charge in [0.1, 0.15) is 0 Å². The van der Waals surface area contributed by atoms with Crippen LogP contribution < -0.4 is 9.64 Å². The monoisotopic (exact) mass is 371 g/mol. The minimum absolute atomic E-state index is 0.0246. The quantitative estimate of drug-likeness (QED) is 0.778. The van der Waals surface area contributed by atoms with Gasteiger partial charge in [0.05, 0.1) is 10.6 Å². The van der Waals surface area contributed by atoms with E-state index in [2.05, 4.69) is 0 Å². The van der Waals surface area contributed by atoms with Gasteiger partial charge in [0.2, 0.25) is 0 Å². The second-order valence-corrected chi connectivity index (χ2v) is 6.26. The van der Waals surface area contributed by atoms with Crippen LogP contribution in [0.4, 0.5) is 10.5 Å². The first-order valence-electron chi connectivity index (χ1n) is 7.46. The molecule has 0 spiro atoms. The van der Waals surface area contributed by atoms with Crippen LogP contribution in [0, 0.1) is 0 Å². The van der Waals surface area contributed by atoms with E-state index in [4.69, 9.17) is 9.84 Å². The Bertz CT molecular complexity index is 909. The molecule has 1 heterocycles. The fourth-order valence-electron chi connectivity index (χ4n) is 2.29. The Labute approximate surface area is 152 Å². The summed E-state index contributed by atoms with van der Waals surface area (Å²) in [5.41, 5.74) is 0.969. The highest BCUT2D eigenvalue weighted by molar-refractivity contribution is 8.19. The average molecular weight is 371 g/mol. The van der Waals surface area contributed by atoms with Crippen LogP contribution in [0.3, 0.4) is 0 Å². The van der Waals surface area contributed by atoms with Gasteiger partial charge in [-0.05, 0) is 47.7 Å². The van der Waals surface area contributed by atoms with Gasteiger partial charge in [-0.1, -0.05) is 24.3 Å². The van der Waals surface area contributed by atoms with Crippen LogP contribution in [0.1, 0.15) is 5.56 Å². The number of thioether (sulfide) groups is 1. The van der Waals surface area contributed by atoms with Crippen molar-refractivity contribution in [2.45, 2.75) is 0 Å². The van der Waals surface area contributed by atoms with Crippen molar-refractivity contribution in [1.29, 1.82) is 0 Å². The molecule has 7 nitrogen and oxygen atoms in total. The number of aliphatic carboxylic acids is 1. The Morgan fingerprint density at radius 1 is 1.15 bits per heavy atom. The molecule has 132 valence electrons. The van der Waals surface area contributed by atoms with E-state index in [-0.39, 0.29) is 16.4 Å². The highest BCUT2D eigenvalue weighted by Gasteiger charge is 2.36. The number of carbonyl (C=O) groups excluding carboxylic acids is 2. The van der Waals surface area contributed by atoms with Crippen molar-refractivity contribution in [2.75, 3.05) is 11.5 Å². The van der Waals surface area contributed by atoms with Crippen molar-refractivity contribution < 1.29 is 29.3 Å². The number of phenolic OH excluding ortho intramolecular Hbond substituents is 1. The molecular weight excluding hydrogens is 358 g/mol. The molecule has 1 fully saturated rings. The third-order valence-corrected chi connectivity index (χ3v) is 4.31. The lowest BCUT2D eigenvalue weighted by atomic mass is 10.2. The number of ether oxygens (including phenoxy) is 1. The van der Waals surface area contributed by atoms with Gasteiger partial charge in [0, 0.05) is 0 Å². The standard InChI is InChI=1S/C18H13NO6S/c20-13-7-6-11(8-14(13)25-10-16(21)22)9-15-17(23)19(18(24)26-15)12-4-2-1-3-5-12/h1-9,20H,10H2,(H,21,22)/b15-9+. The van der Waals surface area contributed by atoms with Crippen molar-refractivity contribution in [3.63, 3.8) is 0 Å². The maximum atomic E-state index is 12.5. The number of nitrogens with zero attached hydrogens (tertiary/aromatic N) is 1. The number of hydrogen-bond acceptors (Lipinski definition) is 6. The fourth-order valence-corrected chi connectivity index (χ4v) is 3.14. The van der Waals surface area contributed by atoms with E-state index >= 15 is 0 Å². The molecule has 2 N–H and O–H groups in total. The SMILES string of the molecule is O=C(O)COc1cc(/C=C2/SC(=O)N(c3ccccc3)C2=O)ccc1O. The van der Waals surface area contributed by atoms with Crippen molar-refractivity contribution in [3.8, 4) is 11.5 Å². The first-order valence-corrected chi connectivity index (χ1v) is 8.28.